The fourth-order valence-electron chi connectivity index (χ4n) is 4.85. The van der Waals surface area contributed by atoms with Crippen molar-refractivity contribution in [3.05, 3.63) is 84.3 Å². The maximum Gasteiger partial charge on any atom is 0.490 e. The highest BCUT2D eigenvalue weighted by Crippen LogP contribution is 2.40. The first kappa shape index (κ1) is 26.8. The fraction of sp³-hybridized carbons (Fsp3) is 0.440. The van der Waals surface area contributed by atoms with Crippen LogP contribution in [0, 0.1) is 0 Å². The molecule has 0 saturated carbocycles. The Bertz CT molecular complexity index is 1370. The summed E-state index contributed by atoms with van der Waals surface area (Å²) in [4.78, 5) is 37.7. The average Bonchev–Trinajstić information content (AvgIpc) is 3.60. The quantitative estimate of drug-likeness (QED) is 0.503. The maximum absolute atomic E-state index is 12.8. The molecule has 3 aromatic rings. The van der Waals surface area contributed by atoms with Crippen molar-refractivity contribution in [1.82, 2.24) is 19.2 Å². The van der Waals surface area contributed by atoms with E-state index in [1.165, 1.54) is 15.8 Å². The largest absolute Gasteiger partial charge is 0.490 e. The third-order valence-electron chi connectivity index (χ3n) is 6.82. The molecule has 1 atom stereocenters. The number of carboxylic acid groups (broad SMARTS) is 1. The molecule has 198 valence electrons. The minimum atomic E-state index is -5.08. The number of aliphatic carboxylic acids is 1. The van der Waals surface area contributed by atoms with E-state index in [2.05, 4.69) is 36.1 Å². The van der Waals surface area contributed by atoms with Crippen LogP contribution in [0.25, 0.3) is 0 Å². The average molecular weight is 537 g/mol. The van der Waals surface area contributed by atoms with Gasteiger partial charge in [0.1, 0.15) is 5.82 Å². The van der Waals surface area contributed by atoms with Gasteiger partial charge in [0.2, 0.25) is 0 Å². The molecule has 2 aliphatic heterocycles. The third-order valence-corrected chi connectivity index (χ3v) is 7.68. The number of nitrogens with zero attached hydrogens (tertiary/aromatic N) is 4. The number of likely N-dealkylation sites (tertiary alicyclic amines) is 1. The molecule has 12 heteroatoms. The number of hydrogen-bond donors (Lipinski definition) is 1. The zero-order chi connectivity index (χ0) is 26.8. The van der Waals surface area contributed by atoms with Crippen molar-refractivity contribution >= 4 is 17.3 Å². The van der Waals surface area contributed by atoms with E-state index in [1.54, 1.807) is 15.9 Å². The standard InChI is InChI=1S/C23H26N4O2S.C2HF3O2/c1-2-17-5-7-18(8-6-17)14-25-11-9-23(16-25)10-12-26-20(28)21(29)27(24-22(23)26)15-19-4-3-13-30-19;3-2(4,5)1(6)7/h3-8,13H,2,9-12,14-16H2,1H3;(H,6,7). The SMILES string of the molecule is CCc1ccc(CN2CCC3(CCn4c3nn(Cc3cccs3)c(=O)c4=O)C2)cc1.O=C(O)C(F)(F)F. The van der Waals surface area contributed by atoms with E-state index in [0.29, 0.717) is 13.1 Å². The number of aromatic nitrogens is 3. The van der Waals surface area contributed by atoms with Gasteiger partial charge in [-0.1, -0.05) is 37.3 Å². The number of rotatable bonds is 5. The van der Waals surface area contributed by atoms with E-state index in [-0.39, 0.29) is 5.41 Å². The van der Waals surface area contributed by atoms with Crippen molar-refractivity contribution in [1.29, 1.82) is 0 Å². The van der Waals surface area contributed by atoms with Gasteiger partial charge in [-0.25, -0.2) is 9.48 Å². The van der Waals surface area contributed by atoms with Crippen molar-refractivity contribution < 1.29 is 23.1 Å². The zero-order valence-corrected chi connectivity index (χ0v) is 21.0. The molecule has 8 nitrogen and oxygen atoms in total. The molecular formula is C25H27F3N4O4S. The van der Waals surface area contributed by atoms with Crippen LogP contribution in [0.15, 0.2) is 51.4 Å². The van der Waals surface area contributed by atoms with Gasteiger partial charge in [-0.2, -0.15) is 18.3 Å². The Balaban J connectivity index is 0.000000405. The lowest BCUT2D eigenvalue weighted by Crippen LogP contribution is -2.45. The number of carbonyl (C=O) groups is 1. The van der Waals surface area contributed by atoms with Crippen LogP contribution in [0.2, 0.25) is 0 Å². The van der Waals surface area contributed by atoms with E-state index < -0.39 is 23.3 Å². The lowest BCUT2D eigenvalue weighted by Gasteiger charge is -2.24. The van der Waals surface area contributed by atoms with Gasteiger partial charge in [-0.3, -0.25) is 19.1 Å². The number of fused-ring (bicyclic) bond motifs is 2. The molecule has 2 aromatic heterocycles. The number of hydrogen-bond acceptors (Lipinski definition) is 6. The highest BCUT2D eigenvalue weighted by Gasteiger charge is 2.47. The summed E-state index contributed by atoms with van der Waals surface area (Å²) < 4.78 is 34.7. The van der Waals surface area contributed by atoms with Crippen LogP contribution in [0.1, 0.15) is 41.6 Å². The molecule has 1 fully saturated rings. The number of alkyl halides is 3. The lowest BCUT2D eigenvalue weighted by atomic mass is 9.85. The molecule has 37 heavy (non-hydrogen) atoms. The second-order valence-electron chi connectivity index (χ2n) is 9.29. The number of benzene rings is 1. The smallest absolute Gasteiger partial charge is 0.475 e. The maximum atomic E-state index is 12.8. The summed E-state index contributed by atoms with van der Waals surface area (Å²) in [5, 5.41) is 13.8. The summed E-state index contributed by atoms with van der Waals surface area (Å²) in [6.45, 7) is 5.90. The molecule has 1 aromatic carbocycles. The van der Waals surface area contributed by atoms with Crippen LogP contribution in [0.4, 0.5) is 13.2 Å². The monoisotopic (exact) mass is 536 g/mol. The predicted octanol–water partition coefficient (Wildman–Crippen LogP) is 3.26. The molecule has 1 saturated heterocycles. The first-order valence-corrected chi connectivity index (χ1v) is 12.8. The lowest BCUT2D eigenvalue weighted by molar-refractivity contribution is -0.192. The van der Waals surface area contributed by atoms with Crippen LogP contribution < -0.4 is 11.1 Å². The van der Waals surface area contributed by atoms with E-state index in [0.717, 1.165) is 49.6 Å². The predicted molar refractivity (Wildman–Crippen MR) is 132 cm³/mol. The first-order valence-electron chi connectivity index (χ1n) is 11.9. The van der Waals surface area contributed by atoms with Crippen LogP contribution in [0.3, 0.4) is 0 Å². The van der Waals surface area contributed by atoms with E-state index >= 15 is 0 Å². The normalized spacial score (nSPS) is 19.0. The van der Waals surface area contributed by atoms with E-state index in [9.17, 15) is 22.8 Å². The number of thiophene rings is 1. The Kier molecular flexibility index (Phi) is 7.69. The summed E-state index contributed by atoms with van der Waals surface area (Å²) in [6, 6.07) is 12.8. The topological polar surface area (TPSA) is 97.4 Å². The molecule has 0 amide bonds. The number of aryl methyl sites for hydroxylation is 1. The van der Waals surface area contributed by atoms with Crippen LogP contribution in [-0.4, -0.2) is 49.6 Å². The molecule has 0 radical (unpaired) electrons. The van der Waals surface area contributed by atoms with Gasteiger partial charge >= 0.3 is 23.3 Å². The van der Waals surface area contributed by atoms with Crippen molar-refractivity contribution in [3.8, 4) is 0 Å². The van der Waals surface area contributed by atoms with Gasteiger partial charge in [-0.05, 0) is 48.4 Å². The molecule has 4 heterocycles. The minimum Gasteiger partial charge on any atom is -0.475 e. The van der Waals surface area contributed by atoms with Crippen molar-refractivity contribution in [2.24, 2.45) is 0 Å². The van der Waals surface area contributed by atoms with Crippen molar-refractivity contribution in [2.75, 3.05) is 13.1 Å². The summed E-state index contributed by atoms with van der Waals surface area (Å²) in [6.07, 6.45) is -2.18. The van der Waals surface area contributed by atoms with Crippen molar-refractivity contribution in [3.63, 3.8) is 0 Å². The molecule has 2 aliphatic rings. The fourth-order valence-corrected chi connectivity index (χ4v) is 5.53. The molecule has 0 bridgehead atoms. The second kappa shape index (κ2) is 10.6. The first-order chi connectivity index (χ1) is 17.5. The Morgan fingerprint density at radius 1 is 1.05 bits per heavy atom. The molecule has 1 N–H and O–H groups in total. The Morgan fingerprint density at radius 3 is 2.30 bits per heavy atom. The molecule has 5 rings (SSSR count). The Hall–Kier alpha value is -3.25. The Labute approximate surface area is 214 Å². The van der Waals surface area contributed by atoms with Crippen molar-refractivity contribution in [2.45, 2.75) is 57.4 Å². The minimum absolute atomic E-state index is 0.132. The summed E-state index contributed by atoms with van der Waals surface area (Å²) in [5.74, 6) is -1.96. The van der Waals surface area contributed by atoms with Gasteiger partial charge in [0.25, 0.3) is 0 Å². The molecule has 1 unspecified atom stereocenters. The van der Waals surface area contributed by atoms with Crippen LogP contribution in [-0.2, 0) is 36.3 Å². The zero-order valence-electron chi connectivity index (χ0n) is 20.2. The molecule has 1 spiro atoms. The summed E-state index contributed by atoms with van der Waals surface area (Å²) >= 11 is 1.58. The molecule has 0 aliphatic carbocycles. The molecular weight excluding hydrogens is 509 g/mol. The van der Waals surface area contributed by atoms with Gasteiger partial charge in [0, 0.05) is 29.9 Å². The third kappa shape index (κ3) is 5.85. The number of carboxylic acids is 1. The summed E-state index contributed by atoms with van der Waals surface area (Å²) in [5.41, 5.74) is 1.59. The van der Waals surface area contributed by atoms with Crippen LogP contribution in [0.5, 0.6) is 0 Å². The van der Waals surface area contributed by atoms with Gasteiger partial charge in [0.05, 0.1) is 6.54 Å². The highest BCUT2D eigenvalue weighted by atomic mass is 32.1. The number of halogens is 3. The Morgan fingerprint density at radius 2 is 1.70 bits per heavy atom. The summed E-state index contributed by atoms with van der Waals surface area (Å²) in [7, 11) is 0. The second-order valence-corrected chi connectivity index (χ2v) is 10.3. The van der Waals surface area contributed by atoms with Crippen LogP contribution >= 0.6 is 11.3 Å². The van der Waals surface area contributed by atoms with E-state index in [1.807, 2.05) is 17.5 Å². The van der Waals surface area contributed by atoms with Gasteiger partial charge < -0.3 is 5.11 Å². The van der Waals surface area contributed by atoms with Gasteiger partial charge in [0.15, 0.2) is 0 Å². The highest BCUT2D eigenvalue weighted by molar-refractivity contribution is 7.09. The van der Waals surface area contributed by atoms with E-state index in [4.69, 9.17) is 15.0 Å². The van der Waals surface area contributed by atoms with Gasteiger partial charge in [-0.15, -0.1) is 11.3 Å².